The second-order valence-corrected chi connectivity index (χ2v) is 5.29. The lowest BCUT2D eigenvalue weighted by Crippen LogP contribution is -2.24. The van der Waals surface area contributed by atoms with Crippen molar-refractivity contribution in [1.29, 1.82) is 0 Å². The van der Waals surface area contributed by atoms with E-state index >= 15 is 0 Å². The summed E-state index contributed by atoms with van der Waals surface area (Å²) in [5.41, 5.74) is 0.882. The highest BCUT2D eigenvalue weighted by molar-refractivity contribution is 9.10. The van der Waals surface area contributed by atoms with Gasteiger partial charge >= 0.3 is 0 Å². The predicted molar refractivity (Wildman–Crippen MR) is 85.8 cm³/mol. The molecule has 1 aromatic heterocycles. The summed E-state index contributed by atoms with van der Waals surface area (Å²) in [6.45, 7) is 5.71. The molecule has 20 heavy (non-hydrogen) atoms. The zero-order valence-corrected chi connectivity index (χ0v) is 13.6. The number of nitrogens with zero attached hydrogens (tertiary/aromatic N) is 4. The van der Waals surface area contributed by atoms with Crippen molar-refractivity contribution in [2.45, 2.75) is 13.8 Å². The van der Waals surface area contributed by atoms with Gasteiger partial charge in [0.2, 0.25) is 17.2 Å². The molecule has 2 aromatic rings. The molecule has 0 aliphatic rings. The number of hydrogen-bond acceptors (Lipinski definition) is 5. The van der Waals surface area contributed by atoms with Crippen LogP contribution in [0.15, 0.2) is 28.7 Å². The number of benzene rings is 1. The second-order valence-electron chi connectivity index (χ2n) is 4.04. The Kier molecular flexibility index (Phi) is 5.14. The Morgan fingerprint density at radius 2 is 1.95 bits per heavy atom. The van der Waals surface area contributed by atoms with Crippen molar-refractivity contribution in [1.82, 2.24) is 15.0 Å². The van der Waals surface area contributed by atoms with Crippen LogP contribution in [-0.2, 0) is 0 Å². The van der Waals surface area contributed by atoms with Crippen molar-refractivity contribution in [3.8, 4) is 0 Å². The normalized spacial score (nSPS) is 10.4. The quantitative estimate of drug-likeness (QED) is 0.881. The molecule has 0 unspecified atom stereocenters. The molecular weight excluding hydrogens is 342 g/mol. The third-order valence-electron chi connectivity index (χ3n) is 2.72. The van der Waals surface area contributed by atoms with Crippen LogP contribution in [-0.4, -0.2) is 28.0 Å². The van der Waals surface area contributed by atoms with E-state index in [-0.39, 0.29) is 5.28 Å². The third-order valence-corrected chi connectivity index (χ3v) is 3.39. The minimum Gasteiger partial charge on any atom is -0.341 e. The molecule has 0 saturated heterocycles. The molecule has 0 aliphatic carbocycles. The van der Waals surface area contributed by atoms with E-state index in [4.69, 9.17) is 11.6 Å². The molecule has 1 N–H and O–H groups in total. The van der Waals surface area contributed by atoms with Crippen LogP contribution in [0.1, 0.15) is 13.8 Å². The molecule has 0 saturated carbocycles. The maximum absolute atomic E-state index is 5.97. The highest BCUT2D eigenvalue weighted by Crippen LogP contribution is 2.20. The van der Waals surface area contributed by atoms with Crippen molar-refractivity contribution >= 4 is 45.1 Å². The summed E-state index contributed by atoms with van der Waals surface area (Å²) in [4.78, 5) is 14.7. The van der Waals surface area contributed by atoms with Gasteiger partial charge in [-0.3, -0.25) is 0 Å². The van der Waals surface area contributed by atoms with Crippen LogP contribution in [0, 0.1) is 0 Å². The van der Waals surface area contributed by atoms with Crippen molar-refractivity contribution in [3.05, 3.63) is 34.0 Å². The van der Waals surface area contributed by atoms with Crippen LogP contribution in [0.3, 0.4) is 0 Å². The van der Waals surface area contributed by atoms with Crippen LogP contribution in [0.4, 0.5) is 17.6 Å². The lowest BCUT2D eigenvalue weighted by atomic mass is 10.3. The van der Waals surface area contributed by atoms with Crippen LogP contribution >= 0.6 is 27.5 Å². The second kappa shape index (κ2) is 6.85. The van der Waals surface area contributed by atoms with Gasteiger partial charge in [-0.05, 0) is 43.6 Å². The van der Waals surface area contributed by atoms with Gasteiger partial charge in [-0.25, -0.2) is 0 Å². The fraction of sp³-hybridized carbons (Fsp3) is 0.308. The number of hydrogen-bond donors (Lipinski definition) is 1. The summed E-state index contributed by atoms with van der Waals surface area (Å²) in [5.74, 6) is 1.01. The maximum Gasteiger partial charge on any atom is 0.233 e. The average Bonchev–Trinajstić information content (AvgIpc) is 2.39. The largest absolute Gasteiger partial charge is 0.341 e. The first kappa shape index (κ1) is 15.0. The third kappa shape index (κ3) is 3.80. The SMILES string of the molecule is CCN(CC)c1nc(Cl)nc(Nc2cccc(Br)c2)n1. The Labute approximate surface area is 131 Å². The van der Waals surface area contributed by atoms with E-state index in [0.29, 0.717) is 11.9 Å². The van der Waals surface area contributed by atoms with Gasteiger partial charge in [0.05, 0.1) is 0 Å². The van der Waals surface area contributed by atoms with Crippen LogP contribution in [0.5, 0.6) is 0 Å². The Balaban J connectivity index is 2.28. The van der Waals surface area contributed by atoms with Gasteiger partial charge in [0.1, 0.15) is 0 Å². The zero-order chi connectivity index (χ0) is 14.5. The van der Waals surface area contributed by atoms with Gasteiger partial charge in [0.15, 0.2) is 0 Å². The van der Waals surface area contributed by atoms with E-state index in [0.717, 1.165) is 23.2 Å². The number of nitrogens with one attached hydrogen (secondary N) is 1. The average molecular weight is 357 g/mol. The number of aromatic nitrogens is 3. The molecule has 0 spiro atoms. The molecule has 0 fully saturated rings. The Morgan fingerprint density at radius 1 is 1.20 bits per heavy atom. The van der Waals surface area contributed by atoms with E-state index in [1.165, 1.54) is 0 Å². The minimum absolute atomic E-state index is 0.180. The van der Waals surface area contributed by atoms with E-state index in [2.05, 4.69) is 36.2 Å². The first-order chi connectivity index (χ1) is 9.62. The lowest BCUT2D eigenvalue weighted by Gasteiger charge is -2.18. The Bertz CT molecular complexity index is 589. The molecular formula is C13H15BrClN5. The predicted octanol–water partition coefficient (Wildman–Crippen LogP) is 3.88. The maximum atomic E-state index is 5.97. The molecule has 0 aliphatic heterocycles. The van der Waals surface area contributed by atoms with Crippen molar-refractivity contribution in [2.24, 2.45) is 0 Å². The van der Waals surface area contributed by atoms with Gasteiger partial charge in [-0.15, -0.1) is 0 Å². The topological polar surface area (TPSA) is 53.9 Å². The van der Waals surface area contributed by atoms with Gasteiger partial charge < -0.3 is 10.2 Å². The number of halogens is 2. The molecule has 5 nitrogen and oxygen atoms in total. The lowest BCUT2D eigenvalue weighted by molar-refractivity contribution is 0.814. The van der Waals surface area contributed by atoms with Crippen molar-refractivity contribution in [2.75, 3.05) is 23.3 Å². The highest BCUT2D eigenvalue weighted by Gasteiger charge is 2.10. The Hall–Kier alpha value is -1.40. The number of rotatable bonds is 5. The molecule has 1 heterocycles. The summed E-state index contributed by atoms with van der Waals surface area (Å²) < 4.78 is 0.978. The van der Waals surface area contributed by atoms with E-state index < -0.39 is 0 Å². The smallest absolute Gasteiger partial charge is 0.233 e. The summed E-state index contributed by atoms with van der Waals surface area (Å²) in [7, 11) is 0. The van der Waals surface area contributed by atoms with E-state index in [1.54, 1.807) is 0 Å². The van der Waals surface area contributed by atoms with Gasteiger partial charge in [0, 0.05) is 23.2 Å². The van der Waals surface area contributed by atoms with E-state index in [1.807, 2.05) is 43.0 Å². The van der Waals surface area contributed by atoms with Gasteiger partial charge in [-0.1, -0.05) is 22.0 Å². The highest BCUT2D eigenvalue weighted by atomic mass is 79.9. The van der Waals surface area contributed by atoms with Crippen LogP contribution < -0.4 is 10.2 Å². The number of anilines is 3. The Morgan fingerprint density at radius 3 is 2.60 bits per heavy atom. The zero-order valence-electron chi connectivity index (χ0n) is 11.3. The van der Waals surface area contributed by atoms with Crippen LogP contribution in [0.2, 0.25) is 5.28 Å². The first-order valence-corrected chi connectivity index (χ1v) is 7.48. The minimum atomic E-state index is 0.180. The fourth-order valence-corrected chi connectivity index (χ4v) is 2.29. The van der Waals surface area contributed by atoms with Gasteiger partial charge in [0.25, 0.3) is 0 Å². The van der Waals surface area contributed by atoms with Crippen molar-refractivity contribution in [3.63, 3.8) is 0 Å². The summed E-state index contributed by atoms with van der Waals surface area (Å²) in [5, 5.41) is 3.31. The summed E-state index contributed by atoms with van der Waals surface area (Å²) >= 11 is 9.39. The molecule has 0 amide bonds. The molecule has 7 heteroatoms. The fourth-order valence-electron chi connectivity index (χ4n) is 1.74. The molecule has 1 aromatic carbocycles. The summed E-state index contributed by atoms with van der Waals surface area (Å²) in [6.07, 6.45) is 0. The standard InChI is InChI=1S/C13H15BrClN5/c1-3-20(4-2)13-18-11(15)17-12(19-13)16-10-7-5-6-9(14)8-10/h5-8H,3-4H2,1-2H3,(H,16,17,18,19). The molecule has 2 rings (SSSR count). The van der Waals surface area contributed by atoms with Crippen LogP contribution in [0.25, 0.3) is 0 Å². The summed E-state index contributed by atoms with van der Waals surface area (Å²) in [6, 6.07) is 7.75. The van der Waals surface area contributed by atoms with E-state index in [9.17, 15) is 0 Å². The monoisotopic (exact) mass is 355 g/mol. The molecule has 106 valence electrons. The molecule has 0 radical (unpaired) electrons. The first-order valence-electron chi connectivity index (χ1n) is 6.31. The van der Waals surface area contributed by atoms with Gasteiger partial charge in [-0.2, -0.15) is 15.0 Å². The molecule has 0 bridgehead atoms. The molecule has 0 atom stereocenters. The van der Waals surface area contributed by atoms with Crippen molar-refractivity contribution < 1.29 is 0 Å².